The molecule has 8 nitrogen and oxygen atoms in total. The second kappa shape index (κ2) is 8.57. The van der Waals surface area contributed by atoms with Crippen LogP contribution in [0.15, 0.2) is 42.6 Å². The predicted octanol–water partition coefficient (Wildman–Crippen LogP) is 2.64. The number of benzene rings is 1. The largest absolute Gasteiger partial charge is 0.455 e. The molecule has 0 heterocycles. The maximum Gasteiger partial charge on any atom is 0.412 e. The normalized spacial score (nSPS) is 18.0. The molecule has 0 aliphatic heterocycles. The summed E-state index contributed by atoms with van der Waals surface area (Å²) in [6.45, 7) is 8.71. The molecule has 0 saturated heterocycles. The number of nitrogens with one attached hydrogen (secondary N) is 2. The number of carbonyl (C=O) groups excluding carboxylic acids is 3. The van der Waals surface area contributed by atoms with E-state index in [1.165, 1.54) is 0 Å². The van der Waals surface area contributed by atoms with Gasteiger partial charge in [-0.3, -0.25) is 5.32 Å². The van der Waals surface area contributed by atoms with Crippen molar-refractivity contribution in [3.8, 4) is 0 Å². The molecular weight excluding hydrogens is 352 g/mol. The zero-order chi connectivity index (χ0) is 20.0. The average Bonchev–Trinajstić information content (AvgIpc) is 3.29. The number of esters is 1. The molecule has 8 heteroatoms. The maximum atomic E-state index is 11.9. The van der Waals surface area contributed by atoms with Crippen molar-refractivity contribution in [1.29, 1.82) is 0 Å². The second-order valence-corrected chi connectivity index (χ2v) is 7.10. The number of hydrogen-bond donors (Lipinski definition) is 2. The van der Waals surface area contributed by atoms with Crippen LogP contribution in [0.2, 0.25) is 0 Å². The number of amides is 2. The molecule has 0 aromatic heterocycles. The van der Waals surface area contributed by atoms with E-state index in [-0.39, 0.29) is 18.3 Å². The molecular formula is C19H24N2O6. The van der Waals surface area contributed by atoms with Crippen LogP contribution in [0.25, 0.3) is 0 Å². The van der Waals surface area contributed by atoms with Crippen LogP contribution in [0.5, 0.6) is 0 Å². The van der Waals surface area contributed by atoms with Crippen LogP contribution >= 0.6 is 0 Å². The Labute approximate surface area is 157 Å². The van der Waals surface area contributed by atoms with Gasteiger partial charge in [-0.15, -0.1) is 0 Å². The van der Waals surface area contributed by atoms with E-state index in [1.807, 2.05) is 30.3 Å². The lowest BCUT2D eigenvalue weighted by molar-refractivity contribution is -0.140. The molecule has 1 aliphatic carbocycles. The zero-order valence-electron chi connectivity index (χ0n) is 15.6. The smallest absolute Gasteiger partial charge is 0.412 e. The van der Waals surface area contributed by atoms with E-state index in [9.17, 15) is 14.4 Å². The van der Waals surface area contributed by atoms with Crippen LogP contribution in [0.3, 0.4) is 0 Å². The number of alkyl carbamates (subject to hydrolysis) is 2. The monoisotopic (exact) mass is 376 g/mol. The Bertz CT molecular complexity index is 711. The first-order valence-corrected chi connectivity index (χ1v) is 8.51. The molecule has 1 saturated carbocycles. The number of rotatable bonds is 6. The summed E-state index contributed by atoms with van der Waals surface area (Å²) >= 11 is 0. The fraction of sp³-hybridized carbons (Fsp3) is 0.421. The van der Waals surface area contributed by atoms with Crippen molar-refractivity contribution >= 4 is 18.2 Å². The number of ether oxygens (including phenoxy) is 3. The number of carbonyl (C=O) groups is 3. The molecule has 27 heavy (non-hydrogen) atoms. The van der Waals surface area contributed by atoms with Crippen molar-refractivity contribution in [3.05, 3.63) is 48.2 Å². The molecule has 2 amide bonds. The van der Waals surface area contributed by atoms with E-state index in [4.69, 9.17) is 14.2 Å². The Hall–Kier alpha value is -3.03. The maximum absolute atomic E-state index is 11.9. The van der Waals surface area contributed by atoms with Gasteiger partial charge in [-0.25, -0.2) is 14.4 Å². The summed E-state index contributed by atoms with van der Waals surface area (Å²) in [6, 6.07) is 8.94. The Morgan fingerprint density at radius 2 is 1.81 bits per heavy atom. The molecule has 0 spiro atoms. The Morgan fingerprint density at radius 1 is 1.15 bits per heavy atom. The zero-order valence-corrected chi connectivity index (χ0v) is 15.6. The first-order valence-electron chi connectivity index (χ1n) is 8.51. The van der Waals surface area contributed by atoms with E-state index in [2.05, 4.69) is 17.2 Å². The van der Waals surface area contributed by atoms with Crippen LogP contribution in [-0.4, -0.2) is 35.9 Å². The van der Waals surface area contributed by atoms with Crippen molar-refractivity contribution in [2.24, 2.45) is 0 Å². The van der Waals surface area contributed by atoms with Crippen LogP contribution < -0.4 is 10.6 Å². The lowest BCUT2D eigenvalue weighted by atomic mass is 10.2. The van der Waals surface area contributed by atoms with Gasteiger partial charge in [0, 0.05) is 6.42 Å². The van der Waals surface area contributed by atoms with Gasteiger partial charge in [0.25, 0.3) is 0 Å². The fourth-order valence-electron chi connectivity index (χ4n) is 2.06. The second-order valence-electron chi connectivity index (χ2n) is 7.10. The molecule has 0 radical (unpaired) electrons. The first kappa shape index (κ1) is 20.3. The third-order valence-electron chi connectivity index (χ3n) is 3.40. The van der Waals surface area contributed by atoms with Crippen molar-refractivity contribution in [2.75, 3.05) is 0 Å². The van der Waals surface area contributed by atoms with E-state index in [0.29, 0.717) is 6.42 Å². The molecule has 1 aliphatic rings. The molecule has 2 unspecified atom stereocenters. The standard InChI is InChI=1S/C19H24N2O6/c1-12(20-18(24)27-19(2,3)4)16(22)26-15-10-14(15)21-17(23)25-11-13-8-6-5-7-9-13/h5-9,14-15H,1,10-11H2,2-4H3,(H,20,24)(H,21,23). The van der Waals surface area contributed by atoms with E-state index >= 15 is 0 Å². The third kappa shape index (κ3) is 7.39. The van der Waals surface area contributed by atoms with E-state index in [0.717, 1.165) is 5.56 Å². The van der Waals surface area contributed by atoms with Crippen molar-refractivity contribution in [1.82, 2.24) is 10.6 Å². The summed E-state index contributed by atoms with van der Waals surface area (Å²) < 4.78 is 15.3. The average molecular weight is 376 g/mol. The summed E-state index contributed by atoms with van der Waals surface area (Å²) in [5.74, 6) is -0.784. The van der Waals surface area contributed by atoms with Crippen molar-refractivity contribution in [2.45, 2.75) is 51.5 Å². The SMILES string of the molecule is C=C(NC(=O)OC(C)(C)C)C(=O)OC1CC1NC(=O)OCc1ccccc1. The molecule has 146 valence electrons. The van der Waals surface area contributed by atoms with Crippen molar-refractivity contribution in [3.63, 3.8) is 0 Å². The molecule has 2 atom stereocenters. The summed E-state index contributed by atoms with van der Waals surface area (Å²) in [5, 5.41) is 4.83. The lowest BCUT2D eigenvalue weighted by Gasteiger charge is -2.19. The highest BCUT2D eigenvalue weighted by Crippen LogP contribution is 2.26. The molecule has 1 aromatic carbocycles. The van der Waals surface area contributed by atoms with Gasteiger partial charge >= 0.3 is 18.2 Å². The van der Waals surface area contributed by atoms with E-state index in [1.54, 1.807) is 20.8 Å². The molecule has 2 N–H and O–H groups in total. The Kier molecular flexibility index (Phi) is 6.44. The number of hydrogen-bond acceptors (Lipinski definition) is 6. The van der Waals surface area contributed by atoms with Crippen LogP contribution in [0.1, 0.15) is 32.8 Å². The highest BCUT2D eigenvalue weighted by molar-refractivity contribution is 5.91. The quantitative estimate of drug-likeness (QED) is 0.449. The van der Waals surface area contributed by atoms with Gasteiger partial charge in [0.15, 0.2) is 0 Å². The molecule has 0 bridgehead atoms. The minimum atomic E-state index is -0.792. The third-order valence-corrected chi connectivity index (χ3v) is 3.40. The van der Waals surface area contributed by atoms with Crippen LogP contribution in [0, 0.1) is 0 Å². The first-order chi connectivity index (χ1) is 12.6. The molecule has 1 aromatic rings. The van der Waals surface area contributed by atoms with Gasteiger partial charge in [-0.05, 0) is 26.3 Å². The minimum absolute atomic E-state index is 0.153. The minimum Gasteiger partial charge on any atom is -0.455 e. The van der Waals surface area contributed by atoms with E-state index < -0.39 is 29.9 Å². The topological polar surface area (TPSA) is 103 Å². The predicted molar refractivity (Wildman–Crippen MR) is 96.6 cm³/mol. The van der Waals surface area contributed by atoms with Gasteiger partial charge in [-0.1, -0.05) is 36.9 Å². The van der Waals surface area contributed by atoms with Crippen LogP contribution in [-0.2, 0) is 25.6 Å². The summed E-state index contributed by atoms with van der Waals surface area (Å²) in [7, 11) is 0. The highest BCUT2D eigenvalue weighted by Gasteiger charge is 2.43. The Balaban J connectivity index is 1.66. The van der Waals surface area contributed by atoms with Gasteiger partial charge in [0.2, 0.25) is 0 Å². The summed E-state index contributed by atoms with van der Waals surface area (Å²) in [6.07, 6.45) is -1.40. The van der Waals surface area contributed by atoms with Gasteiger partial charge in [-0.2, -0.15) is 0 Å². The summed E-state index contributed by atoms with van der Waals surface area (Å²) in [4.78, 5) is 35.2. The van der Waals surface area contributed by atoms with Gasteiger partial charge < -0.3 is 19.5 Å². The molecule has 2 rings (SSSR count). The summed E-state index contributed by atoms with van der Waals surface area (Å²) in [5.41, 5.74) is -0.0580. The molecule has 1 fully saturated rings. The highest BCUT2D eigenvalue weighted by atomic mass is 16.6. The van der Waals surface area contributed by atoms with Gasteiger partial charge in [0.05, 0.1) is 6.04 Å². The van der Waals surface area contributed by atoms with Gasteiger partial charge in [0.1, 0.15) is 24.0 Å². The van der Waals surface area contributed by atoms with Crippen LogP contribution in [0.4, 0.5) is 9.59 Å². The Morgan fingerprint density at radius 3 is 2.44 bits per heavy atom. The lowest BCUT2D eigenvalue weighted by Crippen LogP contribution is -2.35. The fourth-order valence-corrected chi connectivity index (χ4v) is 2.06. The van der Waals surface area contributed by atoms with Crippen molar-refractivity contribution < 1.29 is 28.6 Å².